The zero-order chi connectivity index (χ0) is 17.4. The fraction of sp³-hybridized carbons (Fsp3) is 0.214. The van der Waals surface area contributed by atoms with E-state index in [1.807, 2.05) is 13.8 Å². The molecule has 2 aromatic rings. The van der Waals surface area contributed by atoms with Gasteiger partial charge in [-0.15, -0.1) is 0 Å². The predicted octanol–water partition coefficient (Wildman–Crippen LogP) is 3.92. The molecule has 0 bridgehead atoms. The van der Waals surface area contributed by atoms with Crippen LogP contribution in [0.15, 0.2) is 45.9 Å². The van der Waals surface area contributed by atoms with Crippen molar-refractivity contribution in [2.24, 2.45) is 0 Å². The Labute approximate surface area is 145 Å². The number of rotatable bonds is 5. The van der Waals surface area contributed by atoms with Gasteiger partial charge in [0.25, 0.3) is 0 Å². The Hall–Kier alpha value is -2.00. The summed E-state index contributed by atoms with van der Waals surface area (Å²) < 4.78 is 20.9. The normalized spacial score (nSPS) is 11.0. The van der Waals surface area contributed by atoms with E-state index in [1.165, 1.54) is 25.4 Å². The van der Waals surface area contributed by atoms with Gasteiger partial charge in [-0.3, -0.25) is 4.72 Å². The number of benzene rings is 1. The summed E-state index contributed by atoms with van der Waals surface area (Å²) in [6, 6.07) is 7.80. The van der Waals surface area contributed by atoms with Gasteiger partial charge in [-0.05, 0) is 34.2 Å². The summed E-state index contributed by atoms with van der Waals surface area (Å²) in [7, 11) is -0.105. The summed E-state index contributed by atoms with van der Waals surface area (Å²) in [5, 5.41) is 10.5. The van der Waals surface area contributed by atoms with Gasteiger partial charge in [-0.1, -0.05) is 29.8 Å². The van der Waals surface area contributed by atoms with Crippen LogP contribution in [-0.2, 0) is 11.0 Å². The highest BCUT2D eigenvalue weighted by molar-refractivity contribution is 9.10. The third-order valence-electron chi connectivity index (χ3n) is 2.47. The van der Waals surface area contributed by atoms with Crippen molar-refractivity contribution in [3.05, 3.63) is 51.1 Å². The SMILES string of the molecule is CC.COc1ccc(Br)cc1S(=O)Nc1ccc([N+](=O)[O-])nc1. The Kier molecular flexibility index (Phi) is 7.63. The standard InChI is InChI=1S/C12H10BrN3O4S.C2H6/c1-20-10-4-2-8(13)6-11(10)21(19)15-9-3-5-12(14-7-9)16(17)18;1-2/h2-7,15H,1H3;1-2H3. The van der Waals surface area contributed by atoms with E-state index >= 15 is 0 Å². The molecule has 0 fully saturated rings. The van der Waals surface area contributed by atoms with Gasteiger partial charge < -0.3 is 14.9 Å². The van der Waals surface area contributed by atoms with Crippen molar-refractivity contribution in [2.75, 3.05) is 11.8 Å². The van der Waals surface area contributed by atoms with E-state index in [4.69, 9.17) is 4.74 Å². The molecule has 0 aliphatic carbocycles. The highest BCUT2D eigenvalue weighted by Crippen LogP contribution is 2.26. The van der Waals surface area contributed by atoms with Gasteiger partial charge in [-0.25, -0.2) is 4.21 Å². The zero-order valence-electron chi connectivity index (χ0n) is 12.8. The molecule has 0 saturated carbocycles. The third-order valence-corrected chi connectivity index (χ3v) is 4.10. The summed E-state index contributed by atoms with van der Waals surface area (Å²) in [4.78, 5) is 14.0. The first-order chi connectivity index (χ1) is 11.0. The summed E-state index contributed by atoms with van der Waals surface area (Å²) in [6.45, 7) is 4.00. The Bertz CT molecular complexity index is 695. The number of nitro groups is 1. The minimum Gasteiger partial charge on any atom is -0.495 e. The van der Waals surface area contributed by atoms with Crippen molar-refractivity contribution in [3.8, 4) is 5.75 Å². The second-order valence-electron chi connectivity index (χ2n) is 3.83. The van der Waals surface area contributed by atoms with Gasteiger partial charge in [0.05, 0.1) is 12.8 Å². The van der Waals surface area contributed by atoms with E-state index in [-0.39, 0.29) is 5.82 Å². The monoisotopic (exact) mass is 401 g/mol. The number of hydrogen-bond acceptors (Lipinski definition) is 5. The maximum Gasteiger partial charge on any atom is 0.363 e. The number of anilines is 1. The van der Waals surface area contributed by atoms with Gasteiger partial charge in [0.1, 0.15) is 10.6 Å². The first kappa shape index (κ1) is 19.0. The van der Waals surface area contributed by atoms with Crippen LogP contribution >= 0.6 is 15.9 Å². The molecule has 0 aliphatic rings. The van der Waals surface area contributed by atoms with Gasteiger partial charge in [0.2, 0.25) is 0 Å². The zero-order valence-corrected chi connectivity index (χ0v) is 15.2. The summed E-state index contributed by atoms with van der Waals surface area (Å²) >= 11 is 3.30. The van der Waals surface area contributed by atoms with Gasteiger partial charge >= 0.3 is 5.82 Å². The Morgan fingerprint density at radius 1 is 1.30 bits per heavy atom. The minimum atomic E-state index is -1.59. The number of halogens is 1. The molecule has 0 spiro atoms. The largest absolute Gasteiger partial charge is 0.495 e. The van der Waals surface area contributed by atoms with E-state index in [2.05, 4.69) is 25.6 Å². The van der Waals surface area contributed by atoms with Crippen molar-refractivity contribution in [1.82, 2.24) is 4.98 Å². The molecule has 9 heteroatoms. The van der Waals surface area contributed by atoms with E-state index in [0.29, 0.717) is 16.3 Å². The van der Waals surface area contributed by atoms with Crippen LogP contribution in [0, 0.1) is 10.1 Å². The topological polar surface area (TPSA) is 94.4 Å². The molecular formula is C14H16BrN3O4S. The van der Waals surface area contributed by atoms with E-state index in [9.17, 15) is 14.3 Å². The molecule has 0 aliphatic heterocycles. The number of ether oxygens (including phenoxy) is 1. The number of pyridine rings is 1. The predicted molar refractivity (Wildman–Crippen MR) is 93.0 cm³/mol. The van der Waals surface area contributed by atoms with Gasteiger partial charge in [0, 0.05) is 10.5 Å². The molecule has 1 aromatic heterocycles. The lowest BCUT2D eigenvalue weighted by molar-refractivity contribution is -0.389. The van der Waals surface area contributed by atoms with Crippen LogP contribution in [0.1, 0.15) is 13.8 Å². The van der Waals surface area contributed by atoms with E-state index < -0.39 is 15.9 Å². The Balaban J connectivity index is 0.00000127. The number of aromatic nitrogens is 1. The smallest absolute Gasteiger partial charge is 0.363 e. The lowest BCUT2D eigenvalue weighted by atomic mass is 10.3. The first-order valence-electron chi connectivity index (χ1n) is 6.63. The van der Waals surface area contributed by atoms with Crippen LogP contribution in [0.25, 0.3) is 0 Å². The van der Waals surface area contributed by atoms with Crippen LogP contribution in [-0.4, -0.2) is 21.2 Å². The lowest BCUT2D eigenvalue weighted by Gasteiger charge is -2.09. The molecule has 1 heterocycles. The van der Waals surface area contributed by atoms with Crippen molar-refractivity contribution in [1.29, 1.82) is 0 Å². The molecule has 0 saturated heterocycles. The highest BCUT2D eigenvalue weighted by atomic mass is 79.9. The van der Waals surface area contributed by atoms with E-state index in [0.717, 1.165) is 4.47 Å². The minimum absolute atomic E-state index is 0.272. The average molecular weight is 402 g/mol. The average Bonchev–Trinajstić information content (AvgIpc) is 2.57. The molecule has 1 N–H and O–H groups in total. The molecular weight excluding hydrogens is 386 g/mol. The highest BCUT2D eigenvalue weighted by Gasteiger charge is 2.13. The first-order valence-corrected chi connectivity index (χ1v) is 8.58. The number of nitrogens with one attached hydrogen (secondary N) is 1. The Morgan fingerprint density at radius 3 is 2.52 bits per heavy atom. The second-order valence-corrected chi connectivity index (χ2v) is 5.93. The summed E-state index contributed by atoms with van der Waals surface area (Å²) in [5.74, 6) is 0.199. The van der Waals surface area contributed by atoms with Gasteiger partial charge in [0.15, 0.2) is 17.2 Å². The van der Waals surface area contributed by atoms with Gasteiger partial charge in [-0.2, -0.15) is 0 Å². The maximum absolute atomic E-state index is 12.3. The number of nitrogens with zero attached hydrogens (tertiary/aromatic N) is 2. The van der Waals surface area contributed by atoms with Crippen LogP contribution in [0.2, 0.25) is 0 Å². The molecule has 0 radical (unpaired) electrons. The molecule has 1 aromatic carbocycles. The van der Waals surface area contributed by atoms with E-state index in [1.54, 1.807) is 18.2 Å². The third kappa shape index (κ3) is 5.29. The van der Waals surface area contributed by atoms with Crippen molar-refractivity contribution in [2.45, 2.75) is 18.7 Å². The lowest BCUT2D eigenvalue weighted by Crippen LogP contribution is -2.07. The number of methoxy groups -OCH3 is 1. The Morgan fingerprint density at radius 2 is 2.00 bits per heavy atom. The van der Waals surface area contributed by atoms with Crippen molar-refractivity contribution >= 4 is 38.4 Å². The molecule has 0 amide bonds. The second kappa shape index (κ2) is 9.21. The molecule has 1 atom stereocenters. The summed E-state index contributed by atoms with van der Waals surface area (Å²) in [5.41, 5.74) is 0.404. The molecule has 2 rings (SSSR count). The van der Waals surface area contributed by atoms with Crippen LogP contribution in [0.4, 0.5) is 11.5 Å². The molecule has 1 unspecified atom stereocenters. The summed E-state index contributed by atoms with van der Waals surface area (Å²) in [6.07, 6.45) is 1.25. The molecule has 7 nitrogen and oxygen atoms in total. The van der Waals surface area contributed by atoms with Crippen LogP contribution in [0.5, 0.6) is 5.75 Å². The quantitative estimate of drug-likeness (QED) is 0.604. The van der Waals surface area contributed by atoms with Crippen molar-refractivity contribution < 1.29 is 13.9 Å². The molecule has 124 valence electrons. The van der Waals surface area contributed by atoms with Crippen molar-refractivity contribution in [3.63, 3.8) is 0 Å². The maximum atomic E-state index is 12.3. The molecule has 23 heavy (non-hydrogen) atoms. The fourth-order valence-corrected chi connectivity index (χ4v) is 3.04. The fourth-order valence-electron chi connectivity index (χ4n) is 1.51. The van der Waals surface area contributed by atoms with Crippen LogP contribution < -0.4 is 9.46 Å². The van der Waals surface area contributed by atoms with Crippen LogP contribution in [0.3, 0.4) is 0 Å². The number of hydrogen-bond donors (Lipinski definition) is 1.